The van der Waals surface area contributed by atoms with Gasteiger partial charge < -0.3 is 10.6 Å². The van der Waals surface area contributed by atoms with Crippen LogP contribution in [-0.2, 0) is 9.59 Å². The van der Waals surface area contributed by atoms with Gasteiger partial charge >= 0.3 is 0 Å². The quantitative estimate of drug-likeness (QED) is 0.514. The van der Waals surface area contributed by atoms with Crippen LogP contribution in [0.2, 0.25) is 0 Å². The fourth-order valence-corrected chi connectivity index (χ4v) is 2.54. The molecule has 2 rings (SSSR count). The first kappa shape index (κ1) is 12.2. The molecule has 0 aromatic rings. The van der Waals surface area contributed by atoms with Crippen molar-refractivity contribution < 1.29 is 9.59 Å². The summed E-state index contributed by atoms with van der Waals surface area (Å²) in [6, 6.07) is 0.753. The minimum Gasteiger partial charge on any atom is -0.331 e. The van der Waals surface area contributed by atoms with Crippen molar-refractivity contribution in [2.45, 2.75) is 51.1 Å². The molecule has 2 aliphatic heterocycles. The Kier molecular flexibility index (Phi) is 4.75. The number of hydrogen-bond donors (Lipinski definition) is 1. The first-order valence-electron chi connectivity index (χ1n) is 5.72. The van der Waals surface area contributed by atoms with Gasteiger partial charge in [-0.1, -0.05) is 6.92 Å². The lowest BCUT2D eigenvalue weighted by molar-refractivity contribution is -0.142. The second-order valence-electron chi connectivity index (χ2n) is 4.09. The normalized spacial score (nSPS) is 28.0. The average Bonchev–Trinajstić information content (AvgIpc) is 2.48. The lowest BCUT2D eigenvalue weighted by atomic mass is 10.0. The molecule has 0 aromatic carbocycles. The molecule has 0 aliphatic carbocycles. The van der Waals surface area contributed by atoms with Gasteiger partial charge in [0.1, 0.15) is 0 Å². The van der Waals surface area contributed by atoms with E-state index in [-0.39, 0.29) is 5.91 Å². The van der Waals surface area contributed by atoms with Crippen LogP contribution < -0.4 is 5.73 Å². The highest BCUT2D eigenvalue weighted by molar-refractivity contribution is 6.23. The number of amides is 1. The third-order valence-electron chi connectivity index (χ3n) is 3.05. The molecule has 0 aromatic heterocycles. The third kappa shape index (κ3) is 2.78. The Bertz CT molecular complexity index is 215. The van der Waals surface area contributed by atoms with E-state index in [4.69, 9.17) is 5.73 Å². The minimum absolute atomic E-state index is 0.304. The van der Waals surface area contributed by atoms with Crippen molar-refractivity contribution in [3.05, 3.63) is 0 Å². The van der Waals surface area contributed by atoms with Gasteiger partial charge in [-0.3, -0.25) is 9.59 Å². The predicted octanol–water partition coefficient (Wildman–Crippen LogP) is 0.694. The molecule has 2 atom stereocenters. The molecule has 4 nitrogen and oxygen atoms in total. The number of rotatable bonds is 1. The molecule has 2 unspecified atom stereocenters. The maximum Gasteiger partial charge on any atom is 0.287 e. The number of hydrogen-bond acceptors (Lipinski definition) is 3. The number of nitrogens with zero attached hydrogens (tertiary/aromatic N) is 1. The fraction of sp³-hybridized carbons (Fsp3) is 0.818. The van der Waals surface area contributed by atoms with E-state index in [0.717, 1.165) is 32.2 Å². The lowest BCUT2D eigenvalue weighted by Gasteiger charge is -2.33. The maximum absolute atomic E-state index is 11.2. The zero-order valence-electron chi connectivity index (χ0n) is 9.32. The molecule has 1 amide bonds. The summed E-state index contributed by atoms with van der Waals surface area (Å²) in [6.45, 7) is 2.65. The molecule has 2 saturated heterocycles. The van der Waals surface area contributed by atoms with Crippen molar-refractivity contribution in [2.75, 3.05) is 6.54 Å². The molecule has 0 radical (unpaired) electrons. The molecule has 15 heavy (non-hydrogen) atoms. The van der Waals surface area contributed by atoms with Gasteiger partial charge in [-0.15, -0.1) is 0 Å². The summed E-state index contributed by atoms with van der Waals surface area (Å²) < 4.78 is 0. The SMILES string of the molecule is CCN.O=CC(=O)N1C2CCCC1CC2. The Morgan fingerprint density at radius 1 is 1.33 bits per heavy atom. The van der Waals surface area contributed by atoms with Crippen molar-refractivity contribution in [1.82, 2.24) is 4.90 Å². The second-order valence-corrected chi connectivity index (χ2v) is 4.09. The molecule has 2 heterocycles. The van der Waals surface area contributed by atoms with Crippen LogP contribution in [0.4, 0.5) is 0 Å². The third-order valence-corrected chi connectivity index (χ3v) is 3.05. The van der Waals surface area contributed by atoms with Crippen LogP contribution in [0, 0.1) is 0 Å². The Morgan fingerprint density at radius 2 is 1.80 bits per heavy atom. The van der Waals surface area contributed by atoms with Crippen LogP contribution in [-0.4, -0.2) is 35.7 Å². The van der Waals surface area contributed by atoms with Gasteiger partial charge in [-0.2, -0.15) is 0 Å². The van der Waals surface area contributed by atoms with Crippen LogP contribution >= 0.6 is 0 Å². The molecule has 2 bridgehead atoms. The number of carbonyl (C=O) groups is 2. The van der Waals surface area contributed by atoms with Gasteiger partial charge in [0.25, 0.3) is 5.91 Å². The van der Waals surface area contributed by atoms with E-state index < -0.39 is 0 Å². The topological polar surface area (TPSA) is 63.4 Å². The Hall–Kier alpha value is -0.900. The monoisotopic (exact) mass is 212 g/mol. The molecule has 2 N–H and O–H groups in total. The number of piperidine rings is 1. The van der Waals surface area contributed by atoms with Gasteiger partial charge in [-0.05, 0) is 38.6 Å². The van der Waals surface area contributed by atoms with Crippen LogP contribution in [0.25, 0.3) is 0 Å². The van der Waals surface area contributed by atoms with Gasteiger partial charge in [0.2, 0.25) is 6.29 Å². The minimum atomic E-state index is -0.304. The number of nitrogens with two attached hydrogens (primary N) is 1. The summed E-state index contributed by atoms with van der Waals surface area (Å²) in [7, 11) is 0. The van der Waals surface area contributed by atoms with E-state index in [2.05, 4.69) is 0 Å². The van der Waals surface area contributed by atoms with Gasteiger partial charge in [0, 0.05) is 12.1 Å². The average molecular weight is 212 g/mol. The highest BCUT2D eigenvalue weighted by atomic mass is 16.2. The summed E-state index contributed by atoms with van der Waals surface area (Å²) in [4.78, 5) is 23.3. The second kappa shape index (κ2) is 5.85. The molecule has 86 valence electrons. The predicted molar refractivity (Wildman–Crippen MR) is 58.3 cm³/mol. The van der Waals surface area contributed by atoms with Crippen molar-refractivity contribution in [3.63, 3.8) is 0 Å². The molecule has 0 saturated carbocycles. The standard InChI is InChI=1S/C9H13NO2.C2H7N/c11-6-9(12)10-7-2-1-3-8(10)5-4-7;1-2-3/h6-8H,1-5H2;2-3H2,1H3. The molecule has 4 heteroatoms. The first-order valence-corrected chi connectivity index (χ1v) is 5.72. The zero-order chi connectivity index (χ0) is 11.3. The van der Waals surface area contributed by atoms with E-state index in [1.165, 1.54) is 6.42 Å². The molecular formula is C11H20N2O2. The number of fused-ring (bicyclic) bond motifs is 2. The van der Waals surface area contributed by atoms with Crippen molar-refractivity contribution in [2.24, 2.45) is 5.73 Å². The van der Waals surface area contributed by atoms with Crippen molar-refractivity contribution in [3.8, 4) is 0 Å². The van der Waals surface area contributed by atoms with Crippen molar-refractivity contribution in [1.29, 1.82) is 0 Å². The van der Waals surface area contributed by atoms with Gasteiger partial charge in [0.05, 0.1) is 0 Å². The molecular weight excluding hydrogens is 192 g/mol. The van der Waals surface area contributed by atoms with Crippen LogP contribution in [0.1, 0.15) is 39.0 Å². The van der Waals surface area contributed by atoms with Gasteiger partial charge in [-0.25, -0.2) is 0 Å². The molecule has 0 spiro atoms. The van der Waals surface area contributed by atoms with E-state index >= 15 is 0 Å². The molecule has 2 fully saturated rings. The van der Waals surface area contributed by atoms with Gasteiger partial charge in [0.15, 0.2) is 0 Å². The van der Waals surface area contributed by atoms with Crippen molar-refractivity contribution >= 4 is 12.2 Å². The fourth-order valence-electron chi connectivity index (χ4n) is 2.54. The maximum atomic E-state index is 11.2. The number of carbonyl (C=O) groups excluding carboxylic acids is 2. The summed E-state index contributed by atoms with van der Waals surface area (Å²) in [6.07, 6.45) is 6.06. The van der Waals surface area contributed by atoms with E-state index in [1.54, 1.807) is 4.90 Å². The van der Waals surface area contributed by atoms with Crippen LogP contribution in [0.5, 0.6) is 0 Å². The van der Waals surface area contributed by atoms with E-state index in [0.29, 0.717) is 18.4 Å². The highest BCUT2D eigenvalue weighted by Crippen LogP contribution is 2.34. The summed E-state index contributed by atoms with van der Waals surface area (Å²) in [5.41, 5.74) is 4.85. The smallest absolute Gasteiger partial charge is 0.287 e. The number of aldehydes is 1. The Labute approximate surface area is 90.8 Å². The van der Waals surface area contributed by atoms with E-state index in [1.807, 2.05) is 6.92 Å². The zero-order valence-corrected chi connectivity index (χ0v) is 9.32. The van der Waals surface area contributed by atoms with Crippen LogP contribution in [0.3, 0.4) is 0 Å². The lowest BCUT2D eigenvalue weighted by Crippen LogP contribution is -2.44. The summed E-state index contributed by atoms with van der Waals surface area (Å²) >= 11 is 0. The van der Waals surface area contributed by atoms with Crippen LogP contribution in [0.15, 0.2) is 0 Å². The summed E-state index contributed by atoms with van der Waals surface area (Å²) in [5, 5.41) is 0. The Morgan fingerprint density at radius 3 is 2.20 bits per heavy atom. The Balaban J connectivity index is 0.000000337. The summed E-state index contributed by atoms with van der Waals surface area (Å²) in [5.74, 6) is -0.304. The van der Waals surface area contributed by atoms with E-state index in [9.17, 15) is 9.59 Å². The first-order chi connectivity index (χ1) is 7.24. The largest absolute Gasteiger partial charge is 0.331 e. The highest BCUT2D eigenvalue weighted by Gasteiger charge is 2.38. The molecule has 2 aliphatic rings.